The molecule has 1 atom stereocenters. The number of aromatic nitrogens is 3. The van der Waals surface area contributed by atoms with Crippen molar-refractivity contribution in [1.29, 1.82) is 0 Å². The molecule has 5 nitrogen and oxygen atoms in total. The molecule has 1 heterocycles. The number of amides is 1. The fourth-order valence-electron chi connectivity index (χ4n) is 2.59. The van der Waals surface area contributed by atoms with Crippen LogP contribution in [0.2, 0.25) is 5.02 Å². The number of benzene rings is 2. The number of halogens is 1. The molecule has 0 aliphatic heterocycles. The zero-order valence-electron chi connectivity index (χ0n) is 15.4. The molecule has 3 rings (SSSR count). The molecule has 27 heavy (non-hydrogen) atoms. The smallest absolute Gasteiger partial charge is 0.237 e. The fourth-order valence-corrected chi connectivity index (χ4v) is 3.65. The summed E-state index contributed by atoms with van der Waals surface area (Å²) in [4.78, 5) is 12.6. The van der Waals surface area contributed by atoms with Crippen LogP contribution in [0.1, 0.15) is 23.9 Å². The van der Waals surface area contributed by atoms with Crippen LogP contribution in [0.4, 0.5) is 5.69 Å². The molecule has 0 unspecified atom stereocenters. The molecule has 1 amide bonds. The summed E-state index contributed by atoms with van der Waals surface area (Å²) in [6.45, 7) is 6.33. The summed E-state index contributed by atoms with van der Waals surface area (Å²) in [6, 6.07) is 15.6. The van der Waals surface area contributed by atoms with Crippen LogP contribution in [0.25, 0.3) is 0 Å². The van der Waals surface area contributed by atoms with Gasteiger partial charge < -0.3 is 9.88 Å². The van der Waals surface area contributed by atoms with Crippen LogP contribution < -0.4 is 5.32 Å². The zero-order chi connectivity index (χ0) is 19.4. The van der Waals surface area contributed by atoms with Crippen molar-refractivity contribution in [1.82, 2.24) is 14.8 Å². The van der Waals surface area contributed by atoms with Crippen molar-refractivity contribution in [2.75, 3.05) is 5.32 Å². The lowest BCUT2D eigenvalue weighted by Crippen LogP contribution is -2.23. The average molecular weight is 401 g/mol. The highest BCUT2D eigenvalue weighted by molar-refractivity contribution is 8.00. The lowest BCUT2D eigenvalue weighted by molar-refractivity contribution is -0.115. The number of carbonyl (C=O) groups is 1. The van der Waals surface area contributed by atoms with Gasteiger partial charge in [-0.05, 0) is 44.0 Å². The standard InChI is InChI=1S/C20H21ClN4OS/c1-13-17(21)10-7-11-18(13)22-19(26)14(2)27-20-24-23-15(3)25(20)12-16-8-5-4-6-9-16/h4-11,14H,12H2,1-3H3,(H,22,26)/t14-/m0/s1. The van der Waals surface area contributed by atoms with Gasteiger partial charge in [0.2, 0.25) is 5.91 Å². The Bertz CT molecular complexity index is 942. The second kappa shape index (κ2) is 8.59. The molecule has 0 aliphatic rings. The van der Waals surface area contributed by atoms with Crippen LogP contribution in [0, 0.1) is 13.8 Å². The molecular formula is C20H21ClN4OS. The summed E-state index contributed by atoms with van der Waals surface area (Å²) in [6.07, 6.45) is 0. The summed E-state index contributed by atoms with van der Waals surface area (Å²) in [5.74, 6) is 0.719. The monoisotopic (exact) mass is 400 g/mol. The van der Waals surface area contributed by atoms with E-state index < -0.39 is 0 Å². The van der Waals surface area contributed by atoms with E-state index in [1.807, 2.05) is 55.7 Å². The Morgan fingerprint density at radius 1 is 1.15 bits per heavy atom. The summed E-state index contributed by atoms with van der Waals surface area (Å²) in [5, 5.41) is 12.4. The van der Waals surface area contributed by atoms with E-state index in [-0.39, 0.29) is 11.2 Å². The molecule has 0 saturated heterocycles. The molecule has 1 aromatic heterocycles. The Labute approximate surface area is 168 Å². The molecule has 3 aromatic rings. The minimum Gasteiger partial charge on any atom is -0.325 e. The second-order valence-corrected chi connectivity index (χ2v) is 7.98. The SMILES string of the molecule is Cc1c(Cl)cccc1NC(=O)[C@H](C)Sc1nnc(C)n1Cc1ccccc1. The van der Waals surface area contributed by atoms with Gasteiger partial charge in [-0.2, -0.15) is 0 Å². The first-order valence-corrected chi connectivity index (χ1v) is 9.88. The van der Waals surface area contributed by atoms with Crippen molar-refractivity contribution in [3.05, 3.63) is 70.5 Å². The molecule has 2 aromatic carbocycles. The third-order valence-corrected chi connectivity index (χ3v) is 5.75. The molecular weight excluding hydrogens is 380 g/mol. The van der Waals surface area contributed by atoms with Crippen LogP contribution in [-0.4, -0.2) is 25.9 Å². The van der Waals surface area contributed by atoms with Crippen molar-refractivity contribution >= 4 is 35.0 Å². The largest absolute Gasteiger partial charge is 0.325 e. The zero-order valence-corrected chi connectivity index (χ0v) is 17.0. The van der Waals surface area contributed by atoms with Crippen LogP contribution in [0.15, 0.2) is 53.7 Å². The van der Waals surface area contributed by atoms with Gasteiger partial charge in [0, 0.05) is 10.7 Å². The molecule has 0 radical (unpaired) electrons. The van der Waals surface area contributed by atoms with Gasteiger partial charge >= 0.3 is 0 Å². The molecule has 0 aliphatic carbocycles. The van der Waals surface area contributed by atoms with Gasteiger partial charge in [0.25, 0.3) is 0 Å². The second-order valence-electron chi connectivity index (χ2n) is 6.26. The lowest BCUT2D eigenvalue weighted by Gasteiger charge is -2.15. The number of thioether (sulfide) groups is 1. The number of hydrogen-bond acceptors (Lipinski definition) is 4. The summed E-state index contributed by atoms with van der Waals surface area (Å²) in [7, 11) is 0. The highest BCUT2D eigenvalue weighted by atomic mass is 35.5. The maximum atomic E-state index is 12.6. The topological polar surface area (TPSA) is 59.8 Å². The quantitative estimate of drug-likeness (QED) is 0.608. The predicted molar refractivity (Wildman–Crippen MR) is 110 cm³/mol. The number of carbonyl (C=O) groups excluding carboxylic acids is 1. The Balaban J connectivity index is 1.71. The van der Waals surface area contributed by atoms with Crippen LogP contribution in [0.5, 0.6) is 0 Å². The number of rotatable bonds is 6. The highest BCUT2D eigenvalue weighted by Gasteiger charge is 2.20. The molecule has 0 spiro atoms. The van der Waals surface area contributed by atoms with Gasteiger partial charge in [0.15, 0.2) is 5.16 Å². The Kier molecular flexibility index (Phi) is 6.19. The van der Waals surface area contributed by atoms with Gasteiger partial charge in [-0.25, -0.2) is 0 Å². The summed E-state index contributed by atoms with van der Waals surface area (Å²) in [5.41, 5.74) is 2.74. The van der Waals surface area contributed by atoms with Gasteiger partial charge in [-0.1, -0.05) is 59.8 Å². The van der Waals surface area contributed by atoms with Crippen LogP contribution in [0.3, 0.4) is 0 Å². The van der Waals surface area contributed by atoms with Gasteiger partial charge in [0.05, 0.1) is 11.8 Å². The third kappa shape index (κ3) is 4.70. The Morgan fingerprint density at radius 3 is 2.63 bits per heavy atom. The number of nitrogens with zero attached hydrogens (tertiary/aromatic N) is 3. The number of aryl methyl sites for hydroxylation is 1. The number of anilines is 1. The van der Waals surface area contributed by atoms with E-state index in [9.17, 15) is 4.79 Å². The molecule has 0 fully saturated rings. The average Bonchev–Trinajstić information content (AvgIpc) is 2.99. The van der Waals surface area contributed by atoms with Crippen LogP contribution in [-0.2, 0) is 11.3 Å². The number of hydrogen-bond donors (Lipinski definition) is 1. The Morgan fingerprint density at radius 2 is 1.89 bits per heavy atom. The van der Waals surface area contributed by atoms with E-state index in [0.29, 0.717) is 11.6 Å². The van der Waals surface area contributed by atoms with E-state index >= 15 is 0 Å². The highest BCUT2D eigenvalue weighted by Crippen LogP contribution is 2.26. The third-order valence-electron chi connectivity index (χ3n) is 4.26. The first-order valence-electron chi connectivity index (χ1n) is 8.62. The van der Waals surface area contributed by atoms with Gasteiger partial charge in [-0.15, -0.1) is 10.2 Å². The molecule has 0 bridgehead atoms. The summed E-state index contributed by atoms with van der Waals surface area (Å²) >= 11 is 7.52. The first-order chi connectivity index (χ1) is 13.0. The number of nitrogens with one attached hydrogen (secondary N) is 1. The normalized spacial score (nSPS) is 12.0. The molecule has 7 heteroatoms. The van der Waals surface area contributed by atoms with Crippen molar-refractivity contribution < 1.29 is 4.79 Å². The van der Waals surface area contributed by atoms with E-state index in [2.05, 4.69) is 27.6 Å². The maximum absolute atomic E-state index is 12.6. The molecule has 0 saturated carbocycles. The van der Waals surface area contributed by atoms with Crippen molar-refractivity contribution in [2.24, 2.45) is 0 Å². The van der Waals surface area contributed by atoms with E-state index in [4.69, 9.17) is 11.6 Å². The van der Waals surface area contributed by atoms with Crippen LogP contribution >= 0.6 is 23.4 Å². The van der Waals surface area contributed by atoms with Gasteiger partial charge in [-0.3, -0.25) is 4.79 Å². The van der Waals surface area contributed by atoms with E-state index in [1.165, 1.54) is 11.8 Å². The van der Waals surface area contributed by atoms with Crippen molar-refractivity contribution in [3.63, 3.8) is 0 Å². The fraction of sp³-hybridized carbons (Fsp3) is 0.250. The predicted octanol–water partition coefficient (Wildman–Crippen LogP) is 4.72. The van der Waals surface area contributed by atoms with E-state index in [0.717, 1.165) is 27.8 Å². The first kappa shape index (κ1) is 19.5. The van der Waals surface area contributed by atoms with Crippen molar-refractivity contribution in [2.45, 2.75) is 37.7 Å². The molecule has 140 valence electrons. The molecule has 1 N–H and O–H groups in total. The summed E-state index contributed by atoms with van der Waals surface area (Å²) < 4.78 is 2.02. The lowest BCUT2D eigenvalue weighted by atomic mass is 10.2. The van der Waals surface area contributed by atoms with Gasteiger partial charge in [0.1, 0.15) is 5.82 Å². The minimum atomic E-state index is -0.332. The maximum Gasteiger partial charge on any atom is 0.237 e. The van der Waals surface area contributed by atoms with E-state index in [1.54, 1.807) is 6.07 Å². The Hall–Kier alpha value is -2.31. The van der Waals surface area contributed by atoms with Crippen molar-refractivity contribution in [3.8, 4) is 0 Å². The minimum absolute atomic E-state index is 0.0997.